The van der Waals surface area contributed by atoms with Gasteiger partial charge in [0, 0.05) is 18.4 Å². The normalized spacial score (nSPS) is 62.5. The second kappa shape index (κ2) is 6.70. The molecule has 0 aromatic rings. The van der Waals surface area contributed by atoms with Crippen molar-refractivity contribution in [2.24, 2.45) is 58.0 Å². The van der Waals surface area contributed by atoms with Crippen LogP contribution in [-0.2, 0) is 9.47 Å². The van der Waals surface area contributed by atoms with Gasteiger partial charge in [-0.25, -0.2) is 0 Å². The largest absolute Gasteiger partial charge is 0.349 e. The predicted molar refractivity (Wildman–Crippen MR) is 120 cm³/mol. The van der Waals surface area contributed by atoms with E-state index in [2.05, 4.69) is 27.7 Å². The SMILES string of the molecule is CC1CC[C@@]2(OC1)O[C@H]1CC3C4CCC5C[C@@H](N)CC[C@]5(C)C4CC[C@]3(C)[C@H]1[C@@H]2C. The maximum absolute atomic E-state index is 6.92. The lowest BCUT2D eigenvalue weighted by Gasteiger charge is -2.61. The second-order valence-electron chi connectivity index (χ2n) is 13.2. The maximum atomic E-state index is 6.92. The summed E-state index contributed by atoms with van der Waals surface area (Å²) in [5.41, 5.74) is 7.40. The van der Waals surface area contributed by atoms with Crippen LogP contribution in [0.25, 0.3) is 0 Å². The molecule has 2 N–H and O–H groups in total. The molecule has 0 aromatic heterocycles. The molecule has 6 rings (SSSR count). The first-order valence-electron chi connectivity index (χ1n) is 13.3. The second-order valence-corrected chi connectivity index (χ2v) is 13.2. The fraction of sp³-hybridized carbons (Fsp3) is 1.00. The van der Waals surface area contributed by atoms with Crippen molar-refractivity contribution in [2.45, 2.75) is 110 Å². The van der Waals surface area contributed by atoms with Gasteiger partial charge in [-0.15, -0.1) is 0 Å². The van der Waals surface area contributed by atoms with Crippen LogP contribution in [0.5, 0.6) is 0 Å². The van der Waals surface area contributed by atoms with Gasteiger partial charge in [0.05, 0.1) is 12.7 Å². The Kier molecular flexibility index (Phi) is 4.58. The zero-order valence-corrected chi connectivity index (χ0v) is 19.9. The minimum atomic E-state index is -0.268. The minimum Gasteiger partial charge on any atom is -0.349 e. The van der Waals surface area contributed by atoms with Crippen LogP contribution in [0.1, 0.15) is 91.9 Å². The molecule has 5 unspecified atom stereocenters. The van der Waals surface area contributed by atoms with E-state index in [1.807, 2.05) is 0 Å². The molecule has 1 spiro atoms. The molecular weight excluding hydrogens is 370 g/mol. The zero-order valence-electron chi connectivity index (χ0n) is 19.9. The van der Waals surface area contributed by atoms with Crippen molar-refractivity contribution in [3.05, 3.63) is 0 Å². The number of rotatable bonds is 0. The fourth-order valence-electron chi connectivity index (χ4n) is 10.3. The van der Waals surface area contributed by atoms with Crippen LogP contribution in [-0.4, -0.2) is 24.5 Å². The number of hydrogen-bond acceptors (Lipinski definition) is 3. The summed E-state index contributed by atoms with van der Waals surface area (Å²) in [4.78, 5) is 0. The Balaban J connectivity index is 1.26. The highest BCUT2D eigenvalue weighted by Crippen LogP contribution is 2.71. The highest BCUT2D eigenvalue weighted by Gasteiger charge is 2.69. The van der Waals surface area contributed by atoms with Crippen molar-refractivity contribution in [3.63, 3.8) is 0 Å². The van der Waals surface area contributed by atoms with Crippen molar-refractivity contribution in [2.75, 3.05) is 6.61 Å². The van der Waals surface area contributed by atoms with Crippen molar-refractivity contribution in [1.82, 2.24) is 0 Å². The van der Waals surface area contributed by atoms with Crippen LogP contribution in [0.2, 0.25) is 0 Å². The van der Waals surface area contributed by atoms with Gasteiger partial charge in [0.15, 0.2) is 5.79 Å². The van der Waals surface area contributed by atoms with Gasteiger partial charge in [-0.2, -0.15) is 0 Å². The van der Waals surface area contributed by atoms with E-state index in [4.69, 9.17) is 15.2 Å². The number of nitrogens with two attached hydrogens (primary N) is 1. The lowest BCUT2D eigenvalue weighted by Crippen LogP contribution is -2.55. The average molecular weight is 416 g/mol. The molecule has 0 radical (unpaired) electrons. The third kappa shape index (κ3) is 2.61. The van der Waals surface area contributed by atoms with Gasteiger partial charge in [0.25, 0.3) is 0 Å². The average Bonchev–Trinajstić information content (AvgIpc) is 3.16. The molecule has 4 saturated carbocycles. The standard InChI is InChI=1S/C27H45NO2/c1-16-7-12-27(29-15-16)17(2)24-23(30-27)14-22-20-6-5-18-13-19(28)8-10-25(18,3)21(20)9-11-26(22,24)4/h16-24H,5-15,28H2,1-4H3/t16?,17-,18?,19-,20?,21?,22?,23-,24-,25-,26-,27+/m0/s1. The highest BCUT2D eigenvalue weighted by atomic mass is 16.7. The van der Waals surface area contributed by atoms with Crippen molar-refractivity contribution >= 4 is 0 Å². The minimum absolute atomic E-state index is 0.268. The van der Waals surface area contributed by atoms with E-state index < -0.39 is 0 Å². The Morgan fingerprint density at radius 2 is 1.63 bits per heavy atom. The maximum Gasteiger partial charge on any atom is 0.171 e. The predicted octanol–water partition coefficient (Wildman–Crippen LogP) is 5.76. The molecule has 0 aromatic carbocycles. The summed E-state index contributed by atoms with van der Waals surface area (Å²) >= 11 is 0. The summed E-state index contributed by atoms with van der Waals surface area (Å²) in [5, 5.41) is 0. The van der Waals surface area contributed by atoms with E-state index in [-0.39, 0.29) is 5.79 Å². The summed E-state index contributed by atoms with van der Waals surface area (Å²) in [6.07, 6.45) is 13.7. The topological polar surface area (TPSA) is 44.5 Å². The molecule has 3 nitrogen and oxygen atoms in total. The van der Waals surface area contributed by atoms with Gasteiger partial charge >= 0.3 is 0 Å². The molecule has 3 heteroatoms. The Morgan fingerprint density at radius 3 is 2.40 bits per heavy atom. The van der Waals surface area contributed by atoms with Crippen LogP contribution in [0, 0.1) is 52.3 Å². The summed E-state index contributed by atoms with van der Waals surface area (Å²) in [5.74, 6) is 5.25. The monoisotopic (exact) mass is 415 g/mol. The van der Waals surface area contributed by atoms with Crippen LogP contribution in [0.4, 0.5) is 0 Å². The zero-order chi connectivity index (χ0) is 20.9. The van der Waals surface area contributed by atoms with E-state index in [1.54, 1.807) is 0 Å². The van der Waals surface area contributed by atoms with Crippen LogP contribution in [0.15, 0.2) is 0 Å². The van der Waals surface area contributed by atoms with Gasteiger partial charge in [0.2, 0.25) is 0 Å². The van der Waals surface area contributed by atoms with E-state index >= 15 is 0 Å². The third-order valence-electron chi connectivity index (χ3n) is 12.0. The van der Waals surface area contributed by atoms with Gasteiger partial charge in [-0.1, -0.05) is 27.7 Å². The summed E-state index contributed by atoms with van der Waals surface area (Å²) < 4.78 is 13.4. The molecule has 6 aliphatic rings. The van der Waals surface area contributed by atoms with Gasteiger partial charge in [-0.3, -0.25) is 0 Å². The van der Waals surface area contributed by atoms with Gasteiger partial charge in [-0.05, 0) is 104 Å². The lowest BCUT2D eigenvalue weighted by atomic mass is 9.44. The van der Waals surface area contributed by atoms with E-state index in [9.17, 15) is 0 Å². The first-order valence-corrected chi connectivity index (χ1v) is 13.3. The van der Waals surface area contributed by atoms with Crippen molar-refractivity contribution in [3.8, 4) is 0 Å². The number of hydrogen-bond donors (Lipinski definition) is 1. The Hall–Kier alpha value is -0.120. The first kappa shape index (κ1) is 20.5. The lowest BCUT2D eigenvalue weighted by molar-refractivity contribution is -0.273. The van der Waals surface area contributed by atoms with Crippen LogP contribution >= 0.6 is 0 Å². The van der Waals surface area contributed by atoms with E-state index in [0.717, 1.165) is 36.7 Å². The first-order chi connectivity index (χ1) is 14.3. The molecule has 2 saturated heterocycles. The quantitative estimate of drug-likeness (QED) is 0.547. The molecule has 0 amide bonds. The molecule has 170 valence electrons. The van der Waals surface area contributed by atoms with E-state index in [1.165, 1.54) is 57.8 Å². The van der Waals surface area contributed by atoms with Crippen LogP contribution in [0.3, 0.4) is 0 Å². The molecule has 2 aliphatic heterocycles. The molecule has 2 heterocycles. The highest BCUT2D eigenvalue weighted by molar-refractivity contribution is 5.15. The molecule has 4 aliphatic carbocycles. The molecule has 30 heavy (non-hydrogen) atoms. The van der Waals surface area contributed by atoms with Crippen molar-refractivity contribution < 1.29 is 9.47 Å². The Bertz CT molecular complexity index is 686. The Morgan fingerprint density at radius 1 is 0.833 bits per heavy atom. The number of ether oxygens (including phenoxy) is 2. The summed E-state index contributed by atoms with van der Waals surface area (Å²) in [7, 11) is 0. The van der Waals surface area contributed by atoms with Gasteiger partial charge < -0.3 is 15.2 Å². The van der Waals surface area contributed by atoms with Crippen molar-refractivity contribution in [1.29, 1.82) is 0 Å². The molecule has 6 fully saturated rings. The van der Waals surface area contributed by atoms with Crippen LogP contribution < -0.4 is 5.73 Å². The fourth-order valence-corrected chi connectivity index (χ4v) is 10.3. The smallest absolute Gasteiger partial charge is 0.171 e. The summed E-state index contributed by atoms with van der Waals surface area (Å²) in [6, 6.07) is 0.461. The summed E-state index contributed by atoms with van der Waals surface area (Å²) in [6.45, 7) is 11.0. The number of fused-ring (bicyclic) bond motifs is 7. The molecule has 0 bridgehead atoms. The van der Waals surface area contributed by atoms with E-state index in [0.29, 0.717) is 40.7 Å². The molecule has 12 atom stereocenters. The molecular formula is C27H45NO2. The van der Waals surface area contributed by atoms with Gasteiger partial charge in [0.1, 0.15) is 0 Å². The Labute approximate surface area is 184 Å². The third-order valence-corrected chi connectivity index (χ3v) is 12.0.